The number of carbonyl (C=O) groups is 1. The van der Waals surface area contributed by atoms with Crippen molar-refractivity contribution >= 4 is 5.91 Å². The molecule has 2 rings (SSSR count). The second-order valence-electron chi connectivity index (χ2n) is 3.99. The Kier molecular flexibility index (Phi) is 3.67. The van der Waals surface area contributed by atoms with Crippen molar-refractivity contribution in [3.05, 3.63) is 48.4 Å². The van der Waals surface area contributed by atoms with Crippen LogP contribution in [0.25, 0.3) is 11.3 Å². The normalized spacial score (nSPS) is 10.1. The summed E-state index contributed by atoms with van der Waals surface area (Å²) in [5.41, 5.74) is 2.37. The van der Waals surface area contributed by atoms with Crippen molar-refractivity contribution < 1.29 is 4.79 Å². The van der Waals surface area contributed by atoms with Gasteiger partial charge < -0.3 is 4.90 Å². The van der Waals surface area contributed by atoms with Gasteiger partial charge in [0.15, 0.2) is 0 Å². The molecule has 0 spiro atoms. The molecule has 0 fully saturated rings. The van der Waals surface area contributed by atoms with Gasteiger partial charge in [0.05, 0.1) is 11.3 Å². The molecular formula is C14H15N3O. The van der Waals surface area contributed by atoms with Crippen LogP contribution in [0.3, 0.4) is 0 Å². The average Bonchev–Trinajstić information content (AvgIpc) is 2.47. The van der Waals surface area contributed by atoms with Crippen molar-refractivity contribution in [2.45, 2.75) is 6.92 Å². The van der Waals surface area contributed by atoms with Gasteiger partial charge in [-0.25, -0.2) is 0 Å². The zero-order chi connectivity index (χ0) is 13.0. The third-order valence-electron chi connectivity index (χ3n) is 2.79. The average molecular weight is 241 g/mol. The maximum Gasteiger partial charge on any atom is 0.255 e. The summed E-state index contributed by atoms with van der Waals surface area (Å²) in [6, 6.07) is 7.44. The van der Waals surface area contributed by atoms with Gasteiger partial charge in [-0.2, -0.15) is 0 Å². The number of hydrogen-bond acceptors (Lipinski definition) is 3. The van der Waals surface area contributed by atoms with Crippen molar-refractivity contribution in [3.63, 3.8) is 0 Å². The van der Waals surface area contributed by atoms with Crippen LogP contribution < -0.4 is 0 Å². The quantitative estimate of drug-likeness (QED) is 0.827. The van der Waals surface area contributed by atoms with E-state index in [-0.39, 0.29) is 5.91 Å². The number of pyridine rings is 2. The lowest BCUT2D eigenvalue weighted by Gasteiger charge is -2.14. The molecule has 4 heteroatoms. The van der Waals surface area contributed by atoms with Gasteiger partial charge in [-0.05, 0) is 31.2 Å². The van der Waals surface area contributed by atoms with Gasteiger partial charge in [0.2, 0.25) is 0 Å². The van der Waals surface area contributed by atoms with E-state index in [4.69, 9.17) is 0 Å². The minimum absolute atomic E-state index is 0.0114. The van der Waals surface area contributed by atoms with Gasteiger partial charge in [0.1, 0.15) is 0 Å². The van der Waals surface area contributed by atoms with Crippen molar-refractivity contribution in [3.8, 4) is 11.3 Å². The predicted octanol–water partition coefficient (Wildman–Crippen LogP) is 2.24. The van der Waals surface area contributed by atoms with Crippen molar-refractivity contribution in [1.82, 2.24) is 14.9 Å². The van der Waals surface area contributed by atoms with Crippen LogP contribution in [-0.2, 0) is 0 Å². The van der Waals surface area contributed by atoms with E-state index in [1.54, 1.807) is 36.6 Å². The zero-order valence-electron chi connectivity index (χ0n) is 10.5. The largest absolute Gasteiger partial charge is 0.342 e. The topological polar surface area (TPSA) is 46.1 Å². The first-order valence-electron chi connectivity index (χ1n) is 5.84. The van der Waals surface area contributed by atoms with Gasteiger partial charge in [0, 0.05) is 37.7 Å². The van der Waals surface area contributed by atoms with Crippen LogP contribution in [0.15, 0.2) is 42.9 Å². The van der Waals surface area contributed by atoms with E-state index < -0.39 is 0 Å². The molecule has 0 aliphatic heterocycles. The lowest BCUT2D eigenvalue weighted by molar-refractivity contribution is 0.0802. The lowest BCUT2D eigenvalue weighted by Crippen LogP contribution is -2.26. The summed E-state index contributed by atoms with van der Waals surface area (Å²) in [5.74, 6) is -0.0114. The Morgan fingerprint density at radius 1 is 1.28 bits per heavy atom. The molecule has 18 heavy (non-hydrogen) atoms. The predicted molar refractivity (Wildman–Crippen MR) is 70.1 cm³/mol. The highest BCUT2D eigenvalue weighted by atomic mass is 16.2. The Morgan fingerprint density at radius 2 is 2.11 bits per heavy atom. The SMILES string of the molecule is CCN(C)C(=O)c1ccc(-c2cccnc2)nc1. The highest BCUT2D eigenvalue weighted by Crippen LogP contribution is 2.15. The Morgan fingerprint density at radius 3 is 2.67 bits per heavy atom. The van der Waals surface area contributed by atoms with Gasteiger partial charge in [-0.3, -0.25) is 14.8 Å². The zero-order valence-corrected chi connectivity index (χ0v) is 10.5. The summed E-state index contributed by atoms with van der Waals surface area (Å²) in [5, 5.41) is 0. The number of rotatable bonds is 3. The summed E-state index contributed by atoms with van der Waals surface area (Å²) in [6.07, 6.45) is 5.08. The molecule has 2 heterocycles. The molecule has 4 nitrogen and oxygen atoms in total. The molecule has 0 atom stereocenters. The van der Waals surface area contributed by atoms with Crippen LogP contribution in [0.4, 0.5) is 0 Å². The fourth-order valence-electron chi connectivity index (χ4n) is 1.57. The third-order valence-corrected chi connectivity index (χ3v) is 2.79. The smallest absolute Gasteiger partial charge is 0.255 e. The second kappa shape index (κ2) is 5.40. The molecule has 0 N–H and O–H groups in total. The second-order valence-corrected chi connectivity index (χ2v) is 3.99. The van der Waals surface area contributed by atoms with E-state index in [2.05, 4.69) is 9.97 Å². The molecule has 0 aromatic carbocycles. The molecular weight excluding hydrogens is 226 g/mol. The van der Waals surface area contributed by atoms with Gasteiger partial charge in [-0.1, -0.05) is 0 Å². The number of nitrogens with zero attached hydrogens (tertiary/aromatic N) is 3. The molecule has 0 radical (unpaired) electrons. The van der Waals surface area contributed by atoms with Gasteiger partial charge in [-0.15, -0.1) is 0 Å². The van der Waals surface area contributed by atoms with E-state index >= 15 is 0 Å². The summed E-state index contributed by atoms with van der Waals surface area (Å²) < 4.78 is 0. The van der Waals surface area contributed by atoms with E-state index in [0.717, 1.165) is 11.3 Å². The summed E-state index contributed by atoms with van der Waals surface area (Å²) >= 11 is 0. The van der Waals surface area contributed by atoms with Gasteiger partial charge >= 0.3 is 0 Å². The molecule has 2 aromatic heterocycles. The van der Waals surface area contributed by atoms with E-state index in [1.807, 2.05) is 25.1 Å². The monoisotopic (exact) mass is 241 g/mol. The Balaban J connectivity index is 2.23. The van der Waals surface area contributed by atoms with Crippen molar-refractivity contribution in [2.24, 2.45) is 0 Å². The molecule has 2 aromatic rings. The fraction of sp³-hybridized carbons (Fsp3) is 0.214. The number of amides is 1. The number of carbonyl (C=O) groups excluding carboxylic acids is 1. The van der Waals surface area contributed by atoms with Crippen LogP contribution in [0.2, 0.25) is 0 Å². The summed E-state index contributed by atoms with van der Waals surface area (Å²) in [7, 11) is 1.78. The minimum Gasteiger partial charge on any atom is -0.342 e. The number of hydrogen-bond donors (Lipinski definition) is 0. The molecule has 0 aliphatic rings. The first kappa shape index (κ1) is 12.2. The molecule has 92 valence electrons. The molecule has 0 aliphatic carbocycles. The highest BCUT2D eigenvalue weighted by Gasteiger charge is 2.10. The molecule has 0 saturated carbocycles. The van der Waals surface area contributed by atoms with Crippen LogP contribution in [-0.4, -0.2) is 34.4 Å². The third kappa shape index (κ3) is 2.53. The summed E-state index contributed by atoms with van der Waals surface area (Å²) in [4.78, 5) is 21.9. The van der Waals surface area contributed by atoms with Crippen molar-refractivity contribution in [1.29, 1.82) is 0 Å². The first-order valence-corrected chi connectivity index (χ1v) is 5.84. The standard InChI is InChI=1S/C14H15N3O/c1-3-17(2)14(18)12-6-7-13(16-10-12)11-5-4-8-15-9-11/h4-10H,3H2,1-2H3. The van der Waals surface area contributed by atoms with E-state index in [1.165, 1.54) is 0 Å². The van der Waals surface area contributed by atoms with Crippen LogP contribution >= 0.6 is 0 Å². The molecule has 0 unspecified atom stereocenters. The molecule has 0 saturated heterocycles. The highest BCUT2D eigenvalue weighted by molar-refractivity contribution is 5.94. The molecule has 0 bridgehead atoms. The Hall–Kier alpha value is -2.23. The fourth-order valence-corrected chi connectivity index (χ4v) is 1.57. The van der Waals surface area contributed by atoms with Gasteiger partial charge in [0.25, 0.3) is 5.91 Å². The maximum atomic E-state index is 11.9. The molecule has 1 amide bonds. The van der Waals surface area contributed by atoms with Crippen LogP contribution in [0.5, 0.6) is 0 Å². The Bertz CT molecular complexity index is 522. The first-order chi connectivity index (χ1) is 8.72. The van der Waals surface area contributed by atoms with E-state index in [9.17, 15) is 4.79 Å². The Labute approximate surface area is 106 Å². The van der Waals surface area contributed by atoms with Crippen LogP contribution in [0, 0.1) is 0 Å². The van der Waals surface area contributed by atoms with Crippen molar-refractivity contribution in [2.75, 3.05) is 13.6 Å². The maximum absolute atomic E-state index is 11.9. The van der Waals surface area contributed by atoms with E-state index in [0.29, 0.717) is 12.1 Å². The van der Waals surface area contributed by atoms with Crippen LogP contribution in [0.1, 0.15) is 17.3 Å². The summed E-state index contributed by atoms with van der Waals surface area (Å²) in [6.45, 7) is 2.62. The number of aromatic nitrogens is 2. The minimum atomic E-state index is -0.0114. The lowest BCUT2D eigenvalue weighted by atomic mass is 10.1.